The highest BCUT2D eigenvalue weighted by molar-refractivity contribution is 8.00. The van der Waals surface area contributed by atoms with Crippen LogP contribution in [0.1, 0.15) is 90.0 Å². The largest absolute Gasteiger partial charge is 0.391 e. The number of aryl methyl sites for hydroxylation is 3. The van der Waals surface area contributed by atoms with Gasteiger partial charge in [0.1, 0.15) is 47.1 Å². The zero-order valence-electron chi connectivity index (χ0n) is 43.9. The maximum Gasteiger partial charge on any atom is 0.247 e. The van der Waals surface area contributed by atoms with E-state index in [2.05, 4.69) is 42.1 Å². The number of hydrogen-bond acceptors (Lipinski definition) is 15. The molecule has 3 aliphatic rings. The van der Waals surface area contributed by atoms with E-state index in [0.29, 0.717) is 27.9 Å². The molecule has 3 aromatic heterocycles. The van der Waals surface area contributed by atoms with E-state index < -0.39 is 108 Å². The van der Waals surface area contributed by atoms with Gasteiger partial charge in [-0.1, -0.05) is 68.8 Å². The molecule has 78 heavy (non-hydrogen) atoms. The van der Waals surface area contributed by atoms with Crippen LogP contribution in [0.5, 0.6) is 0 Å². The van der Waals surface area contributed by atoms with Crippen molar-refractivity contribution in [2.24, 2.45) is 16.1 Å². The third-order valence-electron chi connectivity index (χ3n) is 13.7. The van der Waals surface area contributed by atoms with Crippen molar-refractivity contribution in [1.82, 2.24) is 51.6 Å². The number of carbonyl (C=O) groups excluding carboxylic acids is 8. The molecule has 2 saturated heterocycles. The van der Waals surface area contributed by atoms with Crippen LogP contribution < -0.4 is 37.6 Å². The average molecular weight is 1140 g/mol. The van der Waals surface area contributed by atoms with Gasteiger partial charge in [0.05, 0.1) is 30.5 Å². The lowest BCUT2D eigenvalue weighted by atomic mass is 9.85. The van der Waals surface area contributed by atoms with Crippen molar-refractivity contribution in [3.05, 3.63) is 109 Å². The summed E-state index contributed by atoms with van der Waals surface area (Å²) in [4.78, 5) is 120. The smallest absolute Gasteiger partial charge is 0.247 e. The quantitative estimate of drug-likeness (QED) is 0.111. The van der Waals surface area contributed by atoms with Crippen LogP contribution in [0.2, 0.25) is 5.02 Å². The number of nitrogens with two attached hydrogens (primary N) is 1. The summed E-state index contributed by atoms with van der Waals surface area (Å²) in [5.41, 5.74) is 10.2. The van der Waals surface area contributed by atoms with Crippen molar-refractivity contribution >= 4 is 99.0 Å². The first-order valence-corrected chi connectivity index (χ1v) is 28.3. The van der Waals surface area contributed by atoms with Gasteiger partial charge >= 0.3 is 0 Å². The minimum Gasteiger partial charge on any atom is -0.391 e. The molecule has 2 fully saturated rings. The minimum atomic E-state index is -1.57. The molecular formula is C53H61ClN12O9S3. The van der Waals surface area contributed by atoms with Crippen LogP contribution in [0.15, 0.2) is 65.0 Å². The molecule has 3 aliphatic heterocycles. The monoisotopic (exact) mass is 1140 g/mol. The molecule has 0 spiro atoms. The van der Waals surface area contributed by atoms with E-state index in [9.17, 15) is 43.5 Å². The number of aliphatic hydroxyl groups is 1. The molecule has 7 atom stereocenters. The Bertz CT molecular complexity index is 3190. The van der Waals surface area contributed by atoms with Crippen LogP contribution in [-0.2, 0) is 38.4 Å². The van der Waals surface area contributed by atoms with Crippen LogP contribution in [0.25, 0.3) is 15.4 Å². The van der Waals surface area contributed by atoms with Gasteiger partial charge in [0.15, 0.2) is 5.82 Å². The second-order valence-corrected chi connectivity index (χ2v) is 24.1. The Morgan fingerprint density at radius 2 is 1.58 bits per heavy atom. The number of thioether (sulfide) groups is 1. The molecule has 8 rings (SSSR count). The maximum absolute atomic E-state index is 14.4. The second-order valence-electron chi connectivity index (χ2n) is 20.5. The van der Waals surface area contributed by atoms with Gasteiger partial charge in [0, 0.05) is 51.2 Å². The molecule has 0 bridgehead atoms. The van der Waals surface area contributed by atoms with Gasteiger partial charge in [0.2, 0.25) is 47.3 Å². The third kappa shape index (κ3) is 12.8. The van der Waals surface area contributed by atoms with E-state index in [-0.39, 0.29) is 30.9 Å². The number of carbonyl (C=O) groups is 8. The summed E-state index contributed by atoms with van der Waals surface area (Å²) in [6.07, 6.45) is -1.57. The first-order valence-electron chi connectivity index (χ1n) is 25.1. The molecular weight excluding hydrogens is 1080 g/mol. The van der Waals surface area contributed by atoms with E-state index in [1.807, 2.05) is 48.9 Å². The average Bonchev–Trinajstić information content (AvgIpc) is 4.24. The van der Waals surface area contributed by atoms with Crippen LogP contribution in [-0.4, -0.2) is 139 Å². The molecule has 25 heteroatoms. The minimum absolute atomic E-state index is 0.173. The van der Waals surface area contributed by atoms with Crippen molar-refractivity contribution in [3.8, 4) is 15.4 Å². The van der Waals surface area contributed by atoms with Gasteiger partial charge < -0.3 is 47.6 Å². The summed E-state index contributed by atoms with van der Waals surface area (Å²) >= 11 is 10.3. The lowest BCUT2D eigenvalue weighted by molar-refractivity contribution is -0.144. The Morgan fingerprint density at radius 3 is 2.24 bits per heavy atom. The molecule has 0 aliphatic carbocycles. The summed E-state index contributed by atoms with van der Waals surface area (Å²) in [5.74, 6) is -5.86. The SMILES string of the molecule is Cc1ccsc1-c1ccc([C@H]2NC(=O)[C@@H]3C[C@H](O)CN3C(=O)[C@H](C(C)(C)C)NC(=O)CSC[C@H](C(N)=O)NC(=O)[C@@H](CNC(=O)C[C@@H]3N=C(c4ccc(Cl)cc4)c4c(sc(C)c4C)-n4c(C)nnc43)NC(=O)CNC2=O)cc1. The van der Waals surface area contributed by atoms with Crippen molar-refractivity contribution in [2.75, 3.05) is 31.1 Å². The lowest BCUT2D eigenvalue weighted by Crippen LogP contribution is -2.58. The summed E-state index contributed by atoms with van der Waals surface area (Å²) in [7, 11) is 0. The molecule has 9 N–H and O–H groups in total. The normalized spacial score (nSPS) is 23.0. The van der Waals surface area contributed by atoms with E-state index in [1.54, 1.807) is 64.1 Å². The molecule has 2 aromatic carbocycles. The molecule has 412 valence electrons. The number of hydrogen-bond donors (Lipinski definition) is 8. The van der Waals surface area contributed by atoms with Crippen LogP contribution in [0.3, 0.4) is 0 Å². The van der Waals surface area contributed by atoms with Crippen LogP contribution in [0, 0.1) is 33.1 Å². The Labute approximate surface area is 467 Å². The molecule has 5 aromatic rings. The molecule has 0 radical (unpaired) electrons. The number of rotatable bonds is 8. The zero-order valence-corrected chi connectivity index (χ0v) is 47.1. The highest BCUT2D eigenvalue weighted by Crippen LogP contribution is 2.40. The Balaban J connectivity index is 1.08. The van der Waals surface area contributed by atoms with Crippen molar-refractivity contribution in [2.45, 2.75) is 104 Å². The van der Waals surface area contributed by atoms with Gasteiger partial charge in [-0.05, 0) is 78.9 Å². The first-order chi connectivity index (χ1) is 37.0. The summed E-state index contributed by atoms with van der Waals surface area (Å²) in [6, 6.07) is 8.26. The fourth-order valence-corrected chi connectivity index (χ4v) is 12.6. The maximum atomic E-state index is 14.4. The molecule has 21 nitrogen and oxygen atoms in total. The Kier molecular flexibility index (Phi) is 17.6. The highest BCUT2D eigenvalue weighted by atomic mass is 35.5. The predicted octanol–water partition coefficient (Wildman–Crippen LogP) is 3.01. The van der Waals surface area contributed by atoms with E-state index in [0.717, 1.165) is 54.3 Å². The molecule has 0 unspecified atom stereocenters. The zero-order chi connectivity index (χ0) is 56.3. The number of aliphatic imine (C=N–C) groups is 1. The molecule has 0 saturated carbocycles. The number of benzene rings is 2. The fraction of sp³-hybridized carbons (Fsp3) is 0.415. The number of amides is 8. The van der Waals surface area contributed by atoms with E-state index >= 15 is 0 Å². The fourth-order valence-electron chi connectivity index (χ4n) is 9.41. The van der Waals surface area contributed by atoms with Gasteiger partial charge in [0.25, 0.3) is 0 Å². The van der Waals surface area contributed by atoms with Gasteiger partial charge in [-0.3, -0.25) is 47.9 Å². The number of nitrogens with zero attached hydrogens (tertiary/aromatic N) is 5. The van der Waals surface area contributed by atoms with Crippen molar-refractivity contribution in [3.63, 3.8) is 0 Å². The van der Waals surface area contributed by atoms with Crippen LogP contribution in [0.4, 0.5) is 0 Å². The number of fused-ring (bicyclic) bond motifs is 4. The van der Waals surface area contributed by atoms with E-state index in [4.69, 9.17) is 22.3 Å². The predicted molar refractivity (Wildman–Crippen MR) is 297 cm³/mol. The molecule has 6 heterocycles. The Hall–Kier alpha value is -6.99. The Morgan fingerprint density at radius 1 is 0.872 bits per heavy atom. The summed E-state index contributed by atoms with van der Waals surface area (Å²) in [6.45, 7) is 11.4. The standard InChI is InChI=1S/C53H61ClN12O9S3/c1-25-16-17-77-44(25)31-10-8-30(9-11-31)43-50(74)57-21-39(69)58-35(48(72)60-36(46(55)71)23-76-24-40(70)61-45(53(5,6)7)51(75)65-22-33(67)18-37(65)49(73)62-43)20-56-38(68)19-34-47-64-63-28(4)66(47)52-41(26(2)27(3)78-52)42(59-34)29-12-14-32(54)15-13-29/h8-17,33-37,43,45,67H,18-24H2,1-7H3,(H2,55,71)(H,56,68)(H,57,74)(H,58,69)(H,60,72)(H,61,70)(H,62,73)/t33-,34-,35+,36+,37-,43+,45+/m0/s1. The van der Waals surface area contributed by atoms with Gasteiger partial charge in [-0.2, -0.15) is 0 Å². The number of nitrogens with one attached hydrogen (secondary N) is 6. The number of thiophene rings is 2. The number of primary amides is 1. The number of halogens is 1. The first kappa shape index (κ1) is 57.2. The van der Waals surface area contributed by atoms with Gasteiger partial charge in [-0.15, -0.1) is 44.6 Å². The van der Waals surface area contributed by atoms with Crippen molar-refractivity contribution < 1.29 is 43.5 Å². The van der Waals surface area contributed by atoms with Crippen molar-refractivity contribution in [1.29, 1.82) is 0 Å². The lowest BCUT2D eigenvalue weighted by Gasteiger charge is -2.35. The second kappa shape index (κ2) is 23.9. The summed E-state index contributed by atoms with van der Waals surface area (Å²) < 4.78 is 1.88. The summed E-state index contributed by atoms with van der Waals surface area (Å²) in [5, 5.41) is 38.9. The number of aromatic nitrogens is 3. The third-order valence-corrected chi connectivity index (χ3v) is 17.2. The topological polar surface area (TPSA) is 301 Å². The number of aliphatic hydroxyl groups excluding tert-OH is 1. The molecule has 8 amide bonds. The van der Waals surface area contributed by atoms with Gasteiger partial charge in [-0.25, -0.2) is 0 Å². The highest BCUT2D eigenvalue weighted by Gasteiger charge is 2.45. The van der Waals surface area contributed by atoms with E-state index in [1.165, 1.54) is 27.6 Å². The van der Waals surface area contributed by atoms with Crippen LogP contribution >= 0.6 is 46.0 Å².